The Labute approximate surface area is 130 Å². The van der Waals surface area contributed by atoms with Crippen LogP contribution in [-0.4, -0.2) is 5.75 Å². The minimum Gasteiger partial charge on any atom is -0.378 e. The molecule has 19 heavy (non-hydrogen) atoms. The third-order valence-corrected chi connectivity index (χ3v) is 5.57. The maximum atomic E-state index is 6.14. The molecule has 1 atom stereocenters. The number of anilines is 1. The third-order valence-electron chi connectivity index (χ3n) is 3.22. The molecular weight excluding hydrogens is 342 g/mol. The zero-order valence-electron chi connectivity index (χ0n) is 10.2. The number of nitrogens with one attached hydrogen (secondary N) is 1. The second-order valence-electron chi connectivity index (χ2n) is 4.50. The molecule has 0 spiro atoms. The van der Waals surface area contributed by atoms with Crippen LogP contribution >= 0.6 is 39.3 Å². The lowest BCUT2D eigenvalue weighted by Crippen LogP contribution is -2.15. The number of hydrogen-bond acceptors (Lipinski definition) is 2. The summed E-state index contributed by atoms with van der Waals surface area (Å²) in [4.78, 5) is 1.38. The van der Waals surface area contributed by atoms with E-state index in [0.717, 1.165) is 27.4 Å². The van der Waals surface area contributed by atoms with Gasteiger partial charge in [0.15, 0.2) is 0 Å². The van der Waals surface area contributed by atoms with E-state index in [4.69, 9.17) is 11.6 Å². The summed E-state index contributed by atoms with van der Waals surface area (Å²) in [5, 5.41) is 4.33. The maximum Gasteiger partial charge on any atom is 0.0568 e. The molecule has 1 N–H and O–H groups in total. The predicted molar refractivity (Wildman–Crippen MR) is 87.3 cm³/mol. The second kappa shape index (κ2) is 5.78. The van der Waals surface area contributed by atoms with Gasteiger partial charge in [0, 0.05) is 20.8 Å². The second-order valence-corrected chi connectivity index (χ2v) is 6.90. The fourth-order valence-corrected chi connectivity index (χ4v) is 3.83. The standard InChI is InChI=1S/C15H13BrClNS/c16-12-6-5-10(9-13(12)17)18-14-7-8-19-15-4-2-1-3-11(14)15/h1-6,9,14,18H,7-8H2. The maximum absolute atomic E-state index is 6.14. The lowest BCUT2D eigenvalue weighted by molar-refractivity contribution is 0.728. The number of hydrogen-bond donors (Lipinski definition) is 1. The first kappa shape index (κ1) is 13.3. The largest absolute Gasteiger partial charge is 0.378 e. The summed E-state index contributed by atoms with van der Waals surface area (Å²) in [5.74, 6) is 1.15. The van der Waals surface area contributed by atoms with Gasteiger partial charge in [0.25, 0.3) is 0 Å². The van der Waals surface area contributed by atoms with Gasteiger partial charge in [-0.25, -0.2) is 0 Å². The van der Waals surface area contributed by atoms with Crippen molar-refractivity contribution in [2.24, 2.45) is 0 Å². The quantitative estimate of drug-likeness (QED) is 0.736. The molecule has 0 aliphatic carbocycles. The molecule has 2 aromatic carbocycles. The van der Waals surface area contributed by atoms with Gasteiger partial charge in [-0.05, 0) is 52.2 Å². The van der Waals surface area contributed by atoms with Crippen molar-refractivity contribution in [2.75, 3.05) is 11.1 Å². The minimum absolute atomic E-state index is 0.370. The van der Waals surface area contributed by atoms with E-state index in [9.17, 15) is 0 Å². The molecule has 1 nitrogen and oxygen atoms in total. The summed E-state index contributed by atoms with van der Waals surface area (Å²) in [7, 11) is 0. The van der Waals surface area contributed by atoms with Gasteiger partial charge in [-0.3, -0.25) is 0 Å². The topological polar surface area (TPSA) is 12.0 Å². The third kappa shape index (κ3) is 2.93. The van der Waals surface area contributed by atoms with Crippen molar-refractivity contribution in [3.63, 3.8) is 0 Å². The van der Waals surface area contributed by atoms with Crippen LogP contribution in [0.15, 0.2) is 51.8 Å². The molecule has 98 valence electrons. The highest BCUT2D eigenvalue weighted by atomic mass is 79.9. The van der Waals surface area contributed by atoms with Gasteiger partial charge in [-0.2, -0.15) is 0 Å². The Balaban J connectivity index is 1.86. The summed E-state index contributed by atoms with van der Waals surface area (Å²) in [5.41, 5.74) is 2.46. The van der Waals surface area contributed by atoms with Gasteiger partial charge in [-0.1, -0.05) is 29.8 Å². The van der Waals surface area contributed by atoms with E-state index in [1.54, 1.807) is 0 Å². The first-order valence-electron chi connectivity index (χ1n) is 6.17. The van der Waals surface area contributed by atoms with Crippen molar-refractivity contribution in [3.8, 4) is 0 Å². The van der Waals surface area contributed by atoms with Crippen LogP contribution in [0.25, 0.3) is 0 Å². The molecule has 1 unspecified atom stereocenters. The Morgan fingerprint density at radius 2 is 2.05 bits per heavy atom. The molecule has 0 amide bonds. The minimum atomic E-state index is 0.370. The number of fused-ring (bicyclic) bond motifs is 1. The number of benzene rings is 2. The monoisotopic (exact) mass is 353 g/mol. The van der Waals surface area contributed by atoms with Crippen LogP contribution in [-0.2, 0) is 0 Å². The molecule has 1 aliphatic heterocycles. The van der Waals surface area contributed by atoms with E-state index >= 15 is 0 Å². The van der Waals surface area contributed by atoms with Crippen LogP contribution in [0.4, 0.5) is 5.69 Å². The molecule has 1 aliphatic rings. The Hall–Kier alpha value is -0.640. The van der Waals surface area contributed by atoms with Gasteiger partial charge < -0.3 is 5.32 Å². The summed E-state index contributed by atoms with van der Waals surface area (Å²) >= 11 is 11.5. The SMILES string of the molecule is Clc1cc(NC2CCSc3ccccc32)ccc1Br. The fraction of sp³-hybridized carbons (Fsp3) is 0.200. The van der Waals surface area contributed by atoms with E-state index in [1.165, 1.54) is 10.5 Å². The Bertz CT molecular complexity index is 602. The van der Waals surface area contributed by atoms with Crippen molar-refractivity contribution < 1.29 is 0 Å². The Morgan fingerprint density at radius 3 is 2.89 bits per heavy atom. The Morgan fingerprint density at radius 1 is 1.21 bits per heavy atom. The van der Waals surface area contributed by atoms with E-state index in [-0.39, 0.29) is 0 Å². The lowest BCUT2D eigenvalue weighted by atomic mass is 10.0. The molecule has 2 aromatic rings. The van der Waals surface area contributed by atoms with Gasteiger partial charge in [0.05, 0.1) is 11.1 Å². The molecule has 3 rings (SSSR count). The van der Waals surface area contributed by atoms with Crippen molar-refractivity contribution in [3.05, 3.63) is 57.5 Å². The van der Waals surface area contributed by atoms with E-state index < -0.39 is 0 Å². The Kier molecular flexibility index (Phi) is 4.06. The summed E-state index contributed by atoms with van der Waals surface area (Å²) in [6.45, 7) is 0. The molecule has 0 fully saturated rings. The van der Waals surface area contributed by atoms with Gasteiger partial charge in [-0.15, -0.1) is 11.8 Å². The van der Waals surface area contributed by atoms with E-state index in [2.05, 4.69) is 51.6 Å². The first-order valence-corrected chi connectivity index (χ1v) is 8.33. The summed E-state index contributed by atoms with van der Waals surface area (Å²) in [6.07, 6.45) is 1.13. The van der Waals surface area contributed by atoms with E-state index in [0.29, 0.717) is 6.04 Å². The van der Waals surface area contributed by atoms with Gasteiger partial charge >= 0.3 is 0 Å². The van der Waals surface area contributed by atoms with Gasteiger partial charge in [0.1, 0.15) is 0 Å². The number of rotatable bonds is 2. The van der Waals surface area contributed by atoms with Crippen molar-refractivity contribution >= 4 is 45.0 Å². The van der Waals surface area contributed by atoms with Crippen LogP contribution in [0.3, 0.4) is 0 Å². The zero-order chi connectivity index (χ0) is 13.2. The number of thioether (sulfide) groups is 1. The first-order chi connectivity index (χ1) is 9.24. The van der Waals surface area contributed by atoms with E-state index in [1.807, 2.05) is 23.9 Å². The smallest absolute Gasteiger partial charge is 0.0568 e. The van der Waals surface area contributed by atoms with Crippen LogP contribution in [0, 0.1) is 0 Å². The molecule has 0 aromatic heterocycles. The average molecular weight is 355 g/mol. The molecule has 4 heteroatoms. The highest BCUT2D eigenvalue weighted by Gasteiger charge is 2.20. The molecule has 0 bridgehead atoms. The van der Waals surface area contributed by atoms with Crippen molar-refractivity contribution in [1.29, 1.82) is 0 Å². The average Bonchev–Trinajstić information content (AvgIpc) is 2.43. The highest BCUT2D eigenvalue weighted by molar-refractivity contribution is 9.10. The zero-order valence-corrected chi connectivity index (χ0v) is 13.4. The summed E-state index contributed by atoms with van der Waals surface area (Å²) < 4.78 is 0.930. The summed E-state index contributed by atoms with van der Waals surface area (Å²) in [6, 6.07) is 15.0. The fourth-order valence-electron chi connectivity index (χ4n) is 2.28. The van der Waals surface area contributed by atoms with Gasteiger partial charge in [0.2, 0.25) is 0 Å². The molecule has 0 radical (unpaired) electrons. The molecule has 1 heterocycles. The predicted octanol–water partition coefficient (Wildman–Crippen LogP) is 5.75. The van der Waals surface area contributed by atoms with Crippen molar-refractivity contribution in [2.45, 2.75) is 17.4 Å². The molecule has 0 saturated heterocycles. The molecular formula is C15H13BrClNS. The van der Waals surface area contributed by atoms with Crippen LogP contribution < -0.4 is 5.32 Å². The molecule has 0 saturated carbocycles. The van der Waals surface area contributed by atoms with Crippen LogP contribution in [0.2, 0.25) is 5.02 Å². The van der Waals surface area contributed by atoms with Crippen LogP contribution in [0.5, 0.6) is 0 Å². The lowest BCUT2D eigenvalue weighted by Gasteiger charge is -2.26. The van der Waals surface area contributed by atoms with Crippen molar-refractivity contribution in [1.82, 2.24) is 0 Å². The highest BCUT2D eigenvalue weighted by Crippen LogP contribution is 2.38. The van der Waals surface area contributed by atoms with Crippen LogP contribution in [0.1, 0.15) is 18.0 Å². The normalized spacial score (nSPS) is 17.9. The number of halogens is 2.